The molecule has 10 rings (SSSR count). The number of fused-ring (bicyclic) bond motifs is 10. The van der Waals surface area contributed by atoms with E-state index in [0.29, 0.717) is 0 Å². The first kappa shape index (κ1) is 27.9. The van der Waals surface area contributed by atoms with Gasteiger partial charge in [-0.25, -0.2) is 0 Å². The molecule has 7 aromatic carbocycles. The number of anilines is 3. The van der Waals surface area contributed by atoms with Gasteiger partial charge in [0.05, 0.1) is 0 Å². The zero-order valence-electron chi connectivity index (χ0n) is 27.6. The van der Waals surface area contributed by atoms with E-state index in [2.05, 4.69) is 172 Å². The molecule has 2 aliphatic carbocycles. The van der Waals surface area contributed by atoms with E-state index in [1.54, 1.807) is 0 Å². The van der Waals surface area contributed by atoms with Crippen molar-refractivity contribution in [2.24, 2.45) is 0 Å². The third-order valence-corrected chi connectivity index (χ3v) is 12.4. The van der Waals surface area contributed by atoms with Gasteiger partial charge in [-0.15, -0.1) is 11.3 Å². The lowest BCUT2D eigenvalue weighted by Crippen LogP contribution is -2.17. The predicted octanol–water partition coefficient (Wildman–Crippen LogP) is 13.3. The van der Waals surface area contributed by atoms with E-state index in [4.69, 9.17) is 0 Å². The van der Waals surface area contributed by atoms with E-state index >= 15 is 0 Å². The summed E-state index contributed by atoms with van der Waals surface area (Å²) in [4.78, 5) is 2.48. The number of nitrogens with zero attached hydrogens (tertiary/aromatic N) is 1. The minimum atomic E-state index is -0.0784. The van der Waals surface area contributed by atoms with Crippen LogP contribution in [0.25, 0.3) is 53.2 Å². The van der Waals surface area contributed by atoms with Gasteiger partial charge in [0.25, 0.3) is 0 Å². The highest BCUT2D eigenvalue weighted by Gasteiger charge is 2.38. The van der Waals surface area contributed by atoms with Crippen LogP contribution < -0.4 is 4.90 Å². The van der Waals surface area contributed by atoms with Gasteiger partial charge in [0.1, 0.15) is 0 Å². The van der Waals surface area contributed by atoms with Crippen molar-refractivity contribution in [1.29, 1.82) is 0 Å². The molecule has 0 radical (unpaired) electrons. The fourth-order valence-electron chi connectivity index (χ4n) is 8.70. The highest BCUT2D eigenvalue weighted by molar-refractivity contribution is 7.25. The van der Waals surface area contributed by atoms with Crippen molar-refractivity contribution in [3.8, 4) is 22.3 Å². The Bertz CT molecular complexity index is 2630. The van der Waals surface area contributed by atoms with Crippen LogP contribution in [0.1, 0.15) is 49.9 Å². The molecule has 0 aliphatic heterocycles. The van der Waals surface area contributed by atoms with Crippen molar-refractivity contribution >= 4 is 59.3 Å². The molecule has 0 fully saturated rings. The Hall–Kier alpha value is -5.18. The van der Waals surface area contributed by atoms with Crippen molar-refractivity contribution < 1.29 is 0 Å². The first-order valence-corrected chi connectivity index (χ1v) is 17.7. The molecule has 0 saturated carbocycles. The summed E-state index contributed by atoms with van der Waals surface area (Å²) in [6.07, 6.45) is 0. The van der Waals surface area contributed by atoms with Crippen molar-refractivity contribution in [3.63, 3.8) is 0 Å². The van der Waals surface area contributed by atoms with Gasteiger partial charge in [-0.1, -0.05) is 113 Å². The van der Waals surface area contributed by atoms with Gasteiger partial charge in [-0.05, 0) is 110 Å². The minimum Gasteiger partial charge on any atom is -0.310 e. The average molecular weight is 634 g/mol. The van der Waals surface area contributed by atoms with Crippen LogP contribution >= 0.6 is 11.3 Å². The van der Waals surface area contributed by atoms with Gasteiger partial charge < -0.3 is 4.90 Å². The molecule has 0 amide bonds. The molecule has 0 spiro atoms. The Labute approximate surface area is 285 Å². The Morgan fingerprint density at radius 2 is 0.958 bits per heavy atom. The summed E-state index contributed by atoms with van der Waals surface area (Å²) in [5, 5.41) is 5.24. The lowest BCUT2D eigenvalue weighted by atomic mass is 9.82. The molecule has 0 unspecified atom stereocenters. The summed E-state index contributed by atoms with van der Waals surface area (Å²) in [6.45, 7) is 9.49. The van der Waals surface area contributed by atoms with Gasteiger partial charge in [0.15, 0.2) is 0 Å². The summed E-state index contributed by atoms with van der Waals surface area (Å²) < 4.78 is 2.64. The second kappa shape index (κ2) is 9.69. The zero-order valence-corrected chi connectivity index (χ0v) is 28.5. The second-order valence-corrected chi connectivity index (χ2v) is 15.7. The van der Waals surface area contributed by atoms with Crippen molar-refractivity contribution in [2.45, 2.75) is 38.5 Å². The molecule has 8 aromatic rings. The third-order valence-electron chi connectivity index (χ3n) is 11.2. The summed E-state index contributed by atoms with van der Waals surface area (Å²) in [6, 6.07) is 52.6. The topological polar surface area (TPSA) is 3.24 Å². The Morgan fingerprint density at radius 3 is 1.81 bits per heavy atom. The van der Waals surface area contributed by atoms with E-state index in [0.717, 1.165) is 0 Å². The van der Waals surface area contributed by atoms with Crippen LogP contribution in [0.2, 0.25) is 0 Å². The Morgan fingerprint density at radius 1 is 0.396 bits per heavy atom. The van der Waals surface area contributed by atoms with Crippen LogP contribution in [-0.2, 0) is 10.8 Å². The summed E-state index contributed by atoms with van der Waals surface area (Å²) in [5.74, 6) is 0. The normalized spacial score (nSPS) is 15.0. The molecule has 230 valence electrons. The predicted molar refractivity (Wildman–Crippen MR) is 207 cm³/mol. The Balaban J connectivity index is 1.20. The molecular formula is C46H35NS. The van der Waals surface area contributed by atoms with E-state index < -0.39 is 0 Å². The highest BCUT2D eigenvalue weighted by Crippen LogP contribution is 2.54. The van der Waals surface area contributed by atoms with Crippen LogP contribution in [-0.4, -0.2) is 0 Å². The van der Waals surface area contributed by atoms with E-state index in [1.165, 1.54) is 92.5 Å². The third kappa shape index (κ3) is 3.78. The summed E-state index contributed by atoms with van der Waals surface area (Å²) in [7, 11) is 0. The first-order chi connectivity index (χ1) is 23.3. The quantitative estimate of drug-likeness (QED) is 0.187. The second-order valence-electron chi connectivity index (χ2n) is 14.6. The van der Waals surface area contributed by atoms with E-state index in [-0.39, 0.29) is 10.8 Å². The highest BCUT2D eigenvalue weighted by atomic mass is 32.1. The zero-order chi connectivity index (χ0) is 32.4. The van der Waals surface area contributed by atoms with Crippen LogP contribution in [0.15, 0.2) is 140 Å². The molecule has 2 heteroatoms. The molecule has 1 nitrogen and oxygen atoms in total. The van der Waals surface area contributed by atoms with Crippen LogP contribution in [0.3, 0.4) is 0 Å². The van der Waals surface area contributed by atoms with Crippen LogP contribution in [0.5, 0.6) is 0 Å². The first-order valence-electron chi connectivity index (χ1n) is 16.9. The van der Waals surface area contributed by atoms with Gasteiger partial charge in [-0.3, -0.25) is 0 Å². The summed E-state index contributed by atoms with van der Waals surface area (Å²) in [5.41, 5.74) is 14.4. The number of rotatable bonds is 3. The average Bonchev–Trinajstić information content (AvgIpc) is 3.66. The standard InChI is InChI=1S/C46H35NS/c1-45(2)39-15-9-7-13-33(39)34-20-17-31(26-42(34)45)47(32-18-21-36-35-14-8-10-16-43(35)48-44(36)27-32)30-19-22-40-38(25-30)37-23-28-11-5-6-12-29(28)24-41(37)46(40,3)4/h5-27H,1-4H3. The fraction of sp³-hybridized carbons (Fsp3) is 0.130. The van der Waals surface area contributed by atoms with Crippen LogP contribution in [0.4, 0.5) is 17.1 Å². The lowest BCUT2D eigenvalue weighted by molar-refractivity contribution is 0.660. The van der Waals surface area contributed by atoms with Crippen molar-refractivity contribution in [3.05, 3.63) is 162 Å². The maximum Gasteiger partial charge on any atom is 0.0476 e. The van der Waals surface area contributed by atoms with Gasteiger partial charge in [-0.2, -0.15) is 0 Å². The van der Waals surface area contributed by atoms with Gasteiger partial charge in [0, 0.05) is 48.1 Å². The SMILES string of the molecule is CC1(C)c2ccccc2-c2ccc(N(c3ccc4c(c3)-c3cc5ccccc5cc3C4(C)C)c3ccc4c(c3)sc3ccccc34)cc21. The minimum absolute atomic E-state index is 0.0720. The van der Waals surface area contributed by atoms with Gasteiger partial charge in [0.2, 0.25) is 0 Å². The molecule has 1 aromatic heterocycles. The smallest absolute Gasteiger partial charge is 0.0476 e. The molecule has 0 N–H and O–H groups in total. The maximum absolute atomic E-state index is 2.48. The molecule has 2 aliphatic rings. The maximum atomic E-state index is 2.48. The van der Waals surface area contributed by atoms with Crippen LogP contribution in [0, 0.1) is 0 Å². The summed E-state index contributed by atoms with van der Waals surface area (Å²) >= 11 is 1.88. The number of hydrogen-bond donors (Lipinski definition) is 0. The molecule has 0 bridgehead atoms. The lowest BCUT2D eigenvalue weighted by Gasteiger charge is -2.29. The van der Waals surface area contributed by atoms with E-state index in [9.17, 15) is 0 Å². The molecule has 0 saturated heterocycles. The molecule has 1 heterocycles. The van der Waals surface area contributed by atoms with Crippen molar-refractivity contribution in [1.82, 2.24) is 0 Å². The number of thiophene rings is 1. The van der Waals surface area contributed by atoms with Gasteiger partial charge >= 0.3 is 0 Å². The Kier molecular flexibility index (Phi) is 5.63. The number of benzene rings is 7. The monoisotopic (exact) mass is 633 g/mol. The van der Waals surface area contributed by atoms with Crippen molar-refractivity contribution in [2.75, 3.05) is 4.90 Å². The molecule has 48 heavy (non-hydrogen) atoms. The molecule has 0 atom stereocenters. The van der Waals surface area contributed by atoms with E-state index in [1.807, 2.05) is 11.3 Å². The molecular weight excluding hydrogens is 599 g/mol. The fourth-order valence-corrected chi connectivity index (χ4v) is 9.84. The largest absolute Gasteiger partial charge is 0.310 e. The number of hydrogen-bond acceptors (Lipinski definition) is 2.